The van der Waals surface area contributed by atoms with Gasteiger partial charge in [0.2, 0.25) is 0 Å². The van der Waals surface area contributed by atoms with Crippen molar-refractivity contribution in [3.05, 3.63) is 218 Å². The second-order valence-electron chi connectivity index (χ2n) is 16.3. The first-order chi connectivity index (χ1) is 31.2. The number of hydrogen-bond acceptors (Lipinski definition) is 2. The number of halogens is 1. The number of nitrogens with zero attached hydrogens (tertiary/aromatic N) is 4. The Morgan fingerprint density at radius 1 is 0.349 bits per heavy atom. The molecule has 63 heavy (non-hydrogen) atoms. The third-order valence-corrected chi connectivity index (χ3v) is 12.8. The van der Waals surface area contributed by atoms with E-state index in [2.05, 4.69) is 191 Å². The Balaban J connectivity index is 0.985. The maximum absolute atomic E-state index is 14.1. The molecule has 294 valence electrons. The van der Waals surface area contributed by atoms with Crippen LogP contribution >= 0.6 is 0 Å². The Labute approximate surface area is 361 Å². The zero-order valence-corrected chi connectivity index (χ0v) is 33.9. The van der Waals surface area contributed by atoms with Crippen molar-refractivity contribution in [1.29, 1.82) is 0 Å². The fourth-order valence-electron chi connectivity index (χ4n) is 9.96. The summed E-state index contributed by atoms with van der Waals surface area (Å²) in [6.45, 7) is 0. The average Bonchev–Trinajstić information content (AvgIpc) is 3.87. The van der Waals surface area contributed by atoms with Gasteiger partial charge >= 0.3 is 0 Å². The van der Waals surface area contributed by atoms with Gasteiger partial charge in [-0.2, -0.15) is 0 Å². The van der Waals surface area contributed by atoms with Crippen LogP contribution in [0.1, 0.15) is 0 Å². The average molecular weight is 807 g/mol. The number of rotatable bonds is 5. The summed E-state index contributed by atoms with van der Waals surface area (Å²) in [5.41, 5.74) is 12.8. The van der Waals surface area contributed by atoms with Gasteiger partial charge in [-0.3, -0.25) is 0 Å². The lowest BCUT2D eigenvalue weighted by Gasteiger charge is -2.13. The summed E-state index contributed by atoms with van der Waals surface area (Å²) in [6, 6.07) is 73.8. The van der Waals surface area contributed by atoms with Gasteiger partial charge in [0.15, 0.2) is 5.82 Å². The number of hydrogen-bond donors (Lipinski definition) is 0. The van der Waals surface area contributed by atoms with E-state index in [9.17, 15) is 4.39 Å². The highest BCUT2D eigenvalue weighted by Crippen LogP contribution is 2.44. The Kier molecular flexibility index (Phi) is 7.75. The topological polar surface area (TPSA) is 35.6 Å². The lowest BCUT2D eigenvalue weighted by atomic mass is 9.95. The van der Waals surface area contributed by atoms with E-state index in [1.807, 2.05) is 18.2 Å². The quantitative estimate of drug-likeness (QED) is 0.162. The minimum absolute atomic E-state index is 0.248. The first-order valence-corrected chi connectivity index (χ1v) is 21.3. The normalized spacial score (nSPS) is 11.9. The van der Waals surface area contributed by atoms with Crippen molar-refractivity contribution in [3.8, 4) is 45.1 Å². The smallest absolute Gasteiger partial charge is 0.160 e. The monoisotopic (exact) mass is 806 g/mol. The molecule has 5 heteroatoms. The zero-order valence-electron chi connectivity index (χ0n) is 33.9. The van der Waals surface area contributed by atoms with E-state index < -0.39 is 0 Å². The van der Waals surface area contributed by atoms with Crippen LogP contribution in [0, 0.1) is 5.82 Å². The van der Waals surface area contributed by atoms with Gasteiger partial charge in [0.1, 0.15) is 5.82 Å². The summed E-state index contributed by atoms with van der Waals surface area (Å²) in [4.78, 5) is 10.6. The molecular weight excluding hydrogens is 772 g/mol. The van der Waals surface area contributed by atoms with Crippen molar-refractivity contribution in [3.63, 3.8) is 0 Å². The molecule has 0 atom stereocenters. The molecule has 0 spiro atoms. The fourth-order valence-corrected chi connectivity index (χ4v) is 9.96. The molecule has 0 amide bonds. The van der Waals surface area contributed by atoms with Gasteiger partial charge in [-0.05, 0) is 112 Å². The van der Waals surface area contributed by atoms with Crippen molar-refractivity contribution < 1.29 is 4.39 Å². The minimum Gasteiger partial charge on any atom is -0.309 e. The van der Waals surface area contributed by atoms with Crippen LogP contribution in [0.3, 0.4) is 0 Å². The number of benzene rings is 10. The maximum atomic E-state index is 14.1. The van der Waals surface area contributed by atoms with Crippen LogP contribution in [0.2, 0.25) is 0 Å². The highest BCUT2D eigenvalue weighted by atomic mass is 19.1. The summed E-state index contributed by atoms with van der Waals surface area (Å²) in [7, 11) is 0. The summed E-state index contributed by atoms with van der Waals surface area (Å²) < 4.78 is 18.9. The molecule has 0 aliphatic carbocycles. The van der Waals surface area contributed by atoms with Crippen molar-refractivity contribution in [1.82, 2.24) is 19.1 Å². The predicted octanol–water partition coefficient (Wildman–Crippen LogP) is 15.3. The first-order valence-electron chi connectivity index (χ1n) is 21.3. The fraction of sp³-hybridized carbons (Fsp3) is 0. The molecule has 0 aliphatic heterocycles. The SMILES string of the molecule is Fc1ccc2cc(-c3nc(-c4ccc(-n5c6ccccc6c6c(-c7cccc8c7c7ccccc7n8-c7ccccc7)cccc65)cc4)nc4c3ccc3ccccc34)ccc2c1. The van der Waals surface area contributed by atoms with Gasteiger partial charge in [0, 0.05) is 54.8 Å². The van der Waals surface area contributed by atoms with E-state index in [0.717, 1.165) is 71.7 Å². The molecule has 10 aromatic carbocycles. The molecule has 0 bridgehead atoms. The van der Waals surface area contributed by atoms with Crippen LogP contribution in [-0.2, 0) is 0 Å². The molecule has 0 aliphatic rings. The third-order valence-electron chi connectivity index (χ3n) is 12.8. The molecule has 4 nitrogen and oxygen atoms in total. The highest BCUT2D eigenvalue weighted by molar-refractivity contribution is 6.22. The van der Waals surface area contributed by atoms with Gasteiger partial charge in [0.05, 0.1) is 33.3 Å². The van der Waals surface area contributed by atoms with Crippen molar-refractivity contribution >= 4 is 76.1 Å². The molecule has 0 saturated heterocycles. The third kappa shape index (κ3) is 5.46. The second-order valence-corrected chi connectivity index (χ2v) is 16.3. The van der Waals surface area contributed by atoms with Gasteiger partial charge in [0.25, 0.3) is 0 Å². The molecule has 0 saturated carbocycles. The van der Waals surface area contributed by atoms with Gasteiger partial charge in [-0.1, -0.05) is 127 Å². The van der Waals surface area contributed by atoms with E-state index in [4.69, 9.17) is 9.97 Å². The molecule has 13 aromatic rings. The van der Waals surface area contributed by atoms with E-state index in [1.165, 1.54) is 49.8 Å². The zero-order chi connectivity index (χ0) is 41.6. The summed E-state index contributed by atoms with van der Waals surface area (Å²) in [5.74, 6) is 0.397. The van der Waals surface area contributed by atoms with E-state index in [1.54, 1.807) is 6.07 Å². The Morgan fingerprint density at radius 2 is 0.889 bits per heavy atom. The van der Waals surface area contributed by atoms with E-state index in [0.29, 0.717) is 5.82 Å². The standard InChI is InChI=1S/C58H35FN4/c59-41-30-26-38-34-40(25-24-39(38)35-41)56-49-33-29-36-12-4-5-15-44(36)57(49)61-58(60-56)37-27-31-43(32-28-37)63-51-21-9-7-17-48(51)55-46(19-11-23-53(55)63)45-18-10-22-52-54(45)47-16-6-8-20-50(47)62(52)42-13-2-1-3-14-42/h1-35H. The van der Waals surface area contributed by atoms with Gasteiger partial charge in [-0.15, -0.1) is 0 Å². The molecule has 0 radical (unpaired) electrons. The molecule has 0 unspecified atom stereocenters. The Hall–Kier alpha value is -8.41. The Morgan fingerprint density at radius 3 is 1.59 bits per heavy atom. The molecule has 13 rings (SSSR count). The van der Waals surface area contributed by atoms with Crippen LogP contribution in [0.4, 0.5) is 4.39 Å². The van der Waals surface area contributed by atoms with Crippen LogP contribution in [0.25, 0.3) is 121 Å². The predicted molar refractivity (Wildman–Crippen MR) is 259 cm³/mol. The number of aromatic nitrogens is 4. The van der Waals surface area contributed by atoms with E-state index in [-0.39, 0.29) is 5.82 Å². The lowest BCUT2D eigenvalue weighted by Crippen LogP contribution is -1.97. The number of fused-ring (bicyclic) bond motifs is 10. The molecule has 3 aromatic heterocycles. The first kappa shape index (κ1) is 35.4. The van der Waals surface area contributed by atoms with Crippen LogP contribution in [-0.4, -0.2) is 19.1 Å². The minimum atomic E-state index is -0.248. The van der Waals surface area contributed by atoms with Crippen molar-refractivity contribution in [2.24, 2.45) is 0 Å². The maximum Gasteiger partial charge on any atom is 0.160 e. The van der Waals surface area contributed by atoms with Crippen molar-refractivity contribution in [2.45, 2.75) is 0 Å². The summed E-state index contributed by atoms with van der Waals surface area (Å²) in [6.07, 6.45) is 0. The number of para-hydroxylation sites is 3. The second kappa shape index (κ2) is 13.8. The van der Waals surface area contributed by atoms with Gasteiger partial charge in [-0.25, -0.2) is 14.4 Å². The summed E-state index contributed by atoms with van der Waals surface area (Å²) >= 11 is 0. The summed E-state index contributed by atoms with van der Waals surface area (Å²) in [5, 5.41) is 9.85. The highest BCUT2D eigenvalue weighted by Gasteiger charge is 2.21. The van der Waals surface area contributed by atoms with Crippen LogP contribution < -0.4 is 0 Å². The largest absolute Gasteiger partial charge is 0.309 e. The molecule has 3 heterocycles. The molecule has 0 fully saturated rings. The Bertz CT molecular complexity index is 3980. The van der Waals surface area contributed by atoms with Crippen molar-refractivity contribution in [2.75, 3.05) is 0 Å². The van der Waals surface area contributed by atoms with E-state index >= 15 is 0 Å². The van der Waals surface area contributed by atoms with Crippen LogP contribution in [0.15, 0.2) is 212 Å². The van der Waals surface area contributed by atoms with Crippen LogP contribution in [0.5, 0.6) is 0 Å². The lowest BCUT2D eigenvalue weighted by molar-refractivity contribution is 0.630. The van der Waals surface area contributed by atoms with Gasteiger partial charge < -0.3 is 9.13 Å². The molecular formula is C58H35FN4. The molecule has 0 N–H and O–H groups in total.